The van der Waals surface area contributed by atoms with E-state index >= 15 is 0 Å². The Morgan fingerprint density at radius 1 is 1.09 bits per heavy atom. The molecule has 1 aliphatic carbocycles. The monoisotopic (exact) mass is 336 g/mol. The predicted molar refractivity (Wildman–Crippen MR) is 83.2 cm³/mol. The maximum Gasteiger partial charge on any atom is 0.195 e. The molecule has 0 radical (unpaired) electrons. The van der Waals surface area contributed by atoms with Crippen LogP contribution in [0.1, 0.15) is 16.5 Å². The van der Waals surface area contributed by atoms with Gasteiger partial charge in [0.2, 0.25) is 0 Å². The van der Waals surface area contributed by atoms with E-state index in [1.807, 2.05) is 24.3 Å². The Morgan fingerprint density at radius 3 is 2.52 bits per heavy atom. The van der Waals surface area contributed by atoms with Gasteiger partial charge in [-0.25, -0.2) is 10.4 Å². The summed E-state index contributed by atoms with van der Waals surface area (Å²) in [4.78, 5) is 0. The molecule has 9 heteroatoms. The van der Waals surface area contributed by atoms with E-state index in [1.165, 1.54) is 12.1 Å². The summed E-state index contributed by atoms with van der Waals surface area (Å²) >= 11 is 6.22. The Kier molecular flexibility index (Phi) is 4.28. The van der Waals surface area contributed by atoms with Gasteiger partial charge in [0.25, 0.3) is 0 Å². The summed E-state index contributed by atoms with van der Waals surface area (Å²) in [5.74, 6) is 0. The van der Waals surface area contributed by atoms with Crippen LogP contribution in [0.3, 0.4) is 0 Å². The first kappa shape index (κ1) is 15.8. The molecule has 0 saturated carbocycles. The number of anilines is 1. The molecule has 0 amide bonds. The summed E-state index contributed by atoms with van der Waals surface area (Å²) in [6.45, 7) is 0. The minimum atomic E-state index is -1.24. The van der Waals surface area contributed by atoms with Crippen LogP contribution in [0.2, 0.25) is 0 Å². The number of hydrogen-bond donors (Lipinski definition) is 5. The van der Waals surface area contributed by atoms with Crippen LogP contribution in [0, 0.1) is 10.4 Å². The smallest absolute Gasteiger partial charge is 0.195 e. The molecule has 0 saturated heterocycles. The number of benzene rings is 2. The maximum absolute atomic E-state index is 11.3. The second-order valence-electron chi connectivity index (χ2n) is 4.93. The average molecular weight is 337 g/mol. The lowest BCUT2D eigenvalue weighted by molar-refractivity contribution is -0.996. The van der Waals surface area contributed by atoms with Crippen LogP contribution < -0.4 is 15.9 Å². The second kappa shape index (κ2) is 6.22. The Bertz CT molecular complexity index is 766. The van der Waals surface area contributed by atoms with Crippen molar-refractivity contribution in [1.82, 2.24) is 0 Å². The molecule has 1 aliphatic rings. The molecule has 120 valence electrons. The summed E-state index contributed by atoms with van der Waals surface area (Å²) in [6, 6.07) is 11.3. The molecule has 0 bridgehead atoms. The molecule has 3 atom stereocenters. The first-order chi connectivity index (χ1) is 11.0. The van der Waals surface area contributed by atoms with Gasteiger partial charge in [0.15, 0.2) is 11.4 Å². The molecule has 2 aromatic rings. The van der Waals surface area contributed by atoms with Gasteiger partial charge in [-0.3, -0.25) is 5.43 Å². The van der Waals surface area contributed by atoms with Gasteiger partial charge in [-0.15, -0.1) is 11.6 Å². The van der Waals surface area contributed by atoms with Crippen molar-refractivity contribution >= 4 is 34.4 Å². The van der Waals surface area contributed by atoms with Crippen molar-refractivity contribution in [3.8, 4) is 0 Å². The molecule has 8 nitrogen and oxygen atoms in total. The molecule has 0 fully saturated rings. The molecule has 5 N–H and O–H groups in total. The Morgan fingerprint density at radius 2 is 1.83 bits per heavy atom. The van der Waals surface area contributed by atoms with Crippen molar-refractivity contribution in [1.29, 1.82) is 0 Å². The minimum absolute atomic E-state index is 0.107. The Balaban J connectivity index is 1.88. The highest BCUT2D eigenvalue weighted by atomic mass is 35.5. The van der Waals surface area contributed by atoms with Crippen LogP contribution in [-0.2, 0) is 0 Å². The summed E-state index contributed by atoms with van der Waals surface area (Å²) in [5, 5.41) is 41.7. The highest BCUT2D eigenvalue weighted by molar-refractivity contribution is 6.40. The zero-order valence-electron chi connectivity index (χ0n) is 11.7. The second-order valence-corrected chi connectivity index (χ2v) is 5.37. The zero-order chi connectivity index (χ0) is 16.6. The molecule has 0 heterocycles. The third kappa shape index (κ3) is 2.92. The Hall–Kier alpha value is -2.04. The van der Waals surface area contributed by atoms with Crippen LogP contribution in [0.15, 0.2) is 47.6 Å². The molecule has 2 unspecified atom stereocenters. The Labute approximate surface area is 135 Å². The van der Waals surface area contributed by atoms with Gasteiger partial charge in [-0.1, -0.05) is 24.3 Å². The van der Waals surface area contributed by atoms with Crippen molar-refractivity contribution < 1.29 is 20.9 Å². The van der Waals surface area contributed by atoms with E-state index in [1.54, 1.807) is 0 Å². The van der Waals surface area contributed by atoms with Gasteiger partial charge in [0.05, 0.1) is 11.8 Å². The average Bonchev–Trinajstić information content (AvgIpc) is 2.54. The van der Waals surface area contributed by atoms with Gasteiger partial charge >= 0.3 is 0 Å². The van der Waals surface area contributed by atoms with Crippen LogP contribution in [0.4, 0.5) is 17.1 Å². The molecule has 0 aromatic heterocycles. The van der Waals surface area contributed by atoms with Gasteiger partial charge in [-0.05, 0) is 11.6 Å². The van der Waals surface area contributed by atoms with Gasteiger partial charge in [0.1, 0.15) is 11.1 Å². The SMILES string of the molecule is [O-][NH+](O)c1ccc(NN=C2c3ccccc3[C@@H]2Cl)c([NH+]([O-])O)c1. The van der Waals surface area contributed by atoms with E-state index < -0.39 is 10.5 Å². The quantitative estimate of drug-likeness (QED) is 0.414. The van der Waals surface area contributed by atoms with E-state index in [2.05, 4.69) is 10.5 Å². The largest absolute Gasteiger partial charge is 0.595 e. The molecular formula is C14H13ClN4O4. The fourth-order valence-electron chi connectivity index (χ4n) is 2.35. The molecule has 3 rings (SSSR count). The fourth-order valence-corrected chi connectivity index (χ4v) is 2.70. The minimum Gasteiger partial charge on any atom is -0.595 e. The maximum atomic E-state index is 11.3. The lowest BCUT2D eigenvalue weighted by atomic mass is 9.86. The van der Waals surface area contributed by atoms with E-state index in [4.69, 9.17) is 16.8 Å². The standard InChI is InChI=1S/C14H13ClN4O4/c15-13-9-3-1-2-4-10(9)14(13)17-16-11-6-5-8(18(20)21)7-12(11)19(22)23/h1-7,13,16,18-20,22H/t13-/m0/s1. The molecule has 0 spiro atoms. The number of hydrazone groups is 1. The van der Waals surface area contributed by atoms with Crippen molar-refractivity contribution in [2.45, 2.75) is 5.38 Å². The lowest BCUT2D eigenvalue weighted by Gasteiger charge is -2.27. The molecule has 0 aliphatic heterocycles. The van der Waals surface area contributed by atoms with Crippen molar-refractivity contribution in [2.75, 3.05) is 5.43 Å². The summed E-state index contributed by atoms with van der Waals surface area (Å²) in [5.41, 5.74) is 5.06. The normalized spacial score (nSPS) is 20.6. The van der Waals surface area contributed by atoms with Gasteiger partial charge < -0.3 is 10.4 Å². The summed E-state index contributed by atoms with van der Waals surface area (Å²) < 4.78 is 0. The highest BCUT2D eigenvalue weighted by Crippen LogP contribution is 2.38. The van der Waals surface area contributed by atoms with E-state index in [-0.39, 0.29) is 22.4 Å². The van der Waals surface area contributed by atoms with Crippen molar-refractivity contribution in [3.05, 3.63) is 64.0 Å². The van der Waals surface area contributed by atoms with Crippen LogP contribution in [0.5, 0.6) is 0 Å². The number of hydrogen-bond acceptors (Lipinski definition) is 6. The number of nitrogens with zero attached hydrogens (tertiary/aromatic N) is 1. The number of halogens is 1. The zero-order valence-corrected chi connectivity index (χ0v) is 12.4. The van der Waals surface area contributed by atoms with Crippen LogP contribution >= 0.6 is 11.6 Å². The summed E-state index contributed by atoms with van der Waals surface area (Å²) in [7, 11) is 0. The van der Waals surface area contributed by atoms with E-state index in [0.717, 1.165) is 17.2 Å². The third-order valence-corrected chi connectivity index (χ3v) is 3.99. The number of nitrogens with one attached hydrogen (secondary N) is 3. The van der Waals surface area contributed by atoms with Gasteiger partial charge in [-0.2, -0.15) is 15.6 Å². The van der Waals surface area contributed by atoms with Crippen LogP contribution in [-0.4, -0.2) is 16.1 Å². The molecular weight excluding hydrogens is 324 g/mol. The van der Waals surface area contributed by atoms with Crippen molar-refractivity contribution in [2.24, 2.45) is 5.10 Å². The number of fused-ring (bicyclic) bond motifs is 1. The summed E-state index contributed by atoms with van der Waals surface area (Å²) in [6.07, 6.45) is 0. The van der Waals surface area contributed by atoms with Crippen LogP contribution in [0.25, 0.3) is 0 Å². The fraction of sp³-hybridized carbons (Fsp3) is 0.0714. The van der Waals surface area contributed by atoms with E-state index in [0.29, 0.717) is 5.71 Å². The number of rotatable bonds is 4. The topological polar surface area (TPSA) is 120 Å². The van der Waals surface area contributed by atoms with E-state index in [9.17, 15) is 15.6 Å². The third-order valence-electron chi connectivity index (χ3n) is 3.54. The molecule has 2 aromatic carbocycles. The van der Waals surface area contributed by atoms with Gasteiger partial charge in [0, 0.05) is 11.6 Å². The lowest BCUT2D eigenvalue weighted by Crippen LogP contribution is -3.00. The predicted octanol–water partition coefficient (Wildman–Crippen LogP) is 0.603. The first-order valence-corrected chi connectivity index (χ1v) is 7.10. The first-order valence-electron chi connectivity index (χ1n) is 6.66. The van der Waals surface area contributed by atoms with Crippen molar-refractivity contribution in [3.63, 3.8) is 0 Å². The highest BCUT2D eigenvalue weighted by Gasteiger charge is 2.31. The number of alkyl halides is 1. The number of quaternary nitrogens is 2. The molecule has 23 heavy (non-hydrogen) atoms.